The molecule has 0 spiro atoms. The van der Waals surface area contributed by atoms with Gasteiger partial charge >= 0.3 is 0 Å². The first-order valence-electron chi connectivity index (χ1n) is 12.5. The standard InChI is InChI=1S/C26H32N8O2S/c1-3-34-17-28-23-24(31-26(32-25(23)34)30-20-11-9-18(27)10-12-20)29-19-13-15-21(16-14-19)33(2)37(35,36)22-7-5-4-6-8-22/h4-8,13-18,20H,3,9-12,27H2,1-2H3,(H2,29,30,31,32). The average molecular weight is 521 g/mol. The Balaban J connectivity index is 1.39. The molecule has 0 saturated heterocycles. The van der Waals surface area contributed by atoms with Crippen molar-refractivity contribution >= 4 is 44.3 Å². The summed E-state index contributed by atoms with van der Waals surface area (Å²) in [5.41, 5.74) is 8.80. The molecule has 0 radical (unpaired) electrons. The lowest BCUT2D eigenvalue weighted by molar-refractivity contribution is 0.410. The number of aryl methyl sites for hydroxylation is 1. The fraction of sp³-hybridized carbons (Fsp3) is 0.346. The van der Waals surface area contributed by atoms with Crippen LogP contribution in [0.3, 0.4) is 0 Å². The predicted octanol–water partition coefficient (Wildman–Crippen LogP) is 4.10. The number of nitrogens with one attached hydrogen (secondary N) is 2. The summed E-state index contributed by atoms with van der Waals surface area (Å²) >= 11 is 0. The molecule has 10 nitrogen and oxygen atoms in total. The highest BCUT2D eigenvalue weighted by Crippen LogP contribution is 2.28. The van der Waals surface area contributed by atoms with Gasteiger partial charge in [-0.1, -0.05) is 18.2 Å². The van der Waals surface area contributed by atoms with Crippen LogP contribution in [-0.2, 0) is 16.6 Å². The molecule has 2 heterocycles. The van der Waals surface area contributed by atoms with Crippen LogP contribution in [0.25, 0.3) is 11.2 Å². The molecule has 0 atom stereocenters. The van der Waals surface area contributed by atoms with Crippen molar-refractivity contribution in [2.45, 2.75) is 56.1 Å². The van der Waals surface area contributed by atoms with E-state index in [4.69, 9.17) is 15.7 Å². The first-order valence-corrected chi connectivity index (χ1v) is 13.9. The molecule has 0 aliphatic heterocycles. The minimum absolute atomic E-state index is 0.245. The van der Waals surface area contributed by atoms with Gasteiger partial charge in [0.15, 0.2) is 17.0 Å². The van der Waals surface area contributed by atoms with E-state index in [0.29, 0.717) is 23.0 Å². The SMILES string of the molecule is CCn1cnc2c(Nc3ccc(N(C)S(=O)(=O)c4ccccc4)cc3)nc(NC3CCC(N)CC3)nc21. The molecule has 37 heavy (non-hydrogen) atoms. The Kier molecular flexibility index (Phi) is 6.98. The second-order valence-corrected chi connectivity index (χ2v) is 11.3. The molecule has 4 aromatic rings. The number of hydrogen-bond donors (Lipinski definition) is 3. The second-order valence-electron chi connectivity index (χ2n) is 9.31. The van der Waals surface area contributed by atoms with E-state index >= 15 is 0 Å². The molecule has 2 aromatic carbocycles. The van der Waals surface area contributed by atoms with Crippen molar-refractivity contribution in [3.63, 3.8) is 0 Å². The minimum Gasteiger partial charge on any atom is -0.351 e. The van der Waals surface area contributed by atoms with Crippen LogP contribution < -0.4 is 20.7 Å². The Morgan fingerprint density at radius 1 is 1.03 bits per heavy atom. The molecule has 4 N–H and O–H groups in total. The average Bonchev–Trinajstić information content (AvgIpc) is 3.34. The third kappa shape index (κ3) is 5.23. The first-order chi connectivity index (χ1) is 17.8. The molecule has 0 amide bonds. The van der Waals surface area contributed by atoms with E-state index < -0.39 is 10.0 Å². The van der Waals surface area contributed by atoms with E-state index in [0.717, 1.165) is 43.6 Å². The van der Waals surface area contributed by atoms with Crippen LogP contribution in [0, 0.1) is 0 Å². The van der Waals surface area contributed by atoms with E-state index in [1.807, 2.05) is 23.6 Å². The van der Waals surface area contributed by atoms with Gasteiger partial charge in [-0.15, -0.1) is 0 Å². The molecule has 1 fully saturated rings. The highest BCUT2D eigenvalue weighted by atomic mass is 32.2. The first kappa shape index (κ1) is 25.0. The quantitative estimate of drug-likeness (QED) is 0.317. The van der Waals surface area contributed by atoms with Gasteiger partial charge in [0.05, 0.1) is 16.9 Å². The van der Waals surface area contributed by atoms with E-state index in [2.05, 4.69) is 15.6 Å². The maximum absolute atomic E-state index is 13.0. The van der Waals surface area contributed by atoms with E-state index in [9.17, 15) is 8.42 Å². The predicted molar refractivity (Wildman–Crippen MR) is 147 cm³/mol. The monoisotopic (exact) mass is 520 g/mol. The molecule has 2 aromatic heterocycles. The number of fused-ring (bicyclic) bond motifs is 1. The number of imidazole rings is 1. The zero-order chi connectivity index (χ0) is 26.0. The van der Waals surface area contributed by atoms with Crippen LogP contribution in [0.2, 0.25) is 0 Å². The Morgan fingerprint density at radius 3 is 2.41 bits per heavy atom. The van der Waals surface area contributed by atoms with Crippen LogP contribution in [0.5, 0.6) is 0 Å². The highest BCUT2D eigenvalue weighted by molar-refractivity contribution is 7.92. The van der Waals surface area contributed by atoms with Gasteiger partial charge in [0.1, 0.15) is 0 Å². The number of nitrogens with two attached hydrogens (primary N) is 1. The van der Waals surface area contributed by atoms with Crippen LogP contribution in [0.4, 0.5) is 23.1 Å². The van der Waals surface area contributed by atoms with Gasteiger partial charge in [0, 0.05) is 31.4 Å². The van der Waals surface area contributed by atoms with Gasteiger partial charge in [-0.05, 0) is 69.0 Å². The van der Waals surface area contributed by atoms with Crippen LogP contribution in [0.1, 0.15) is 32.6 Å². The molecule has 1 saturated carbocycles. The number of anilines is 4. The Hall–Kier alpha value is -3.70. The van der Waals surface area contributed by atoms with Gasteiger partial charge < -0.3 is 20.9 Å². The van der Waals surface area contributed by atoms with E-state index in [-0.39, 0.29) is 17.0 Å². The summed E-state index contributed by atoms with van der Waals surface area (Å²) in [4.78, 5) is 14.3. The minimum atomic E-state index is -3.65. The summed E-state index contributed by atoms with van der Waals surface area (Å²) < 4.78 is 29.2. The number of rotatable bonds is 8. The third-order valence-corrected chi connectivity index (χ3v) is 8.60. The Morgan fingerprint density at radius 2 is 1.73 bits per heavy atom. The van der Waals surface area contributed by atoms with E-state index in [1.165, 1.54) is 4.31 Å². The molecular weight excluding hydrogens is 488 g/mol. The normalized spacial score (nSPS) is 18.0. The summed E-state index contributed by atoms with van der Waals surface area (Å²) in [5, 5.41) is 6.84. The van der Waals surface area contributed by atoms with Gasteiger partial charge in [0.25, 0.3) is 10.0 Å². The van der Waals surface area contributed by atoms with Crippen LogP contribution in [-0.4, -0.2) is 47.1 Å². The van der Waals surface area contributed by atoms with Gasteiger partial charge in [0.2, 0.25) is 5.95 Å². The van der Waals surface area contributed by atoms with Crippen molar-refractivity contribution in [2.75, 3.05) is 22.0 Å². The Bertz CT molecular complexity index is 1460. The summed E-state index contributed by atoms with van der Waals surface area (Å²) in [6, 6.07) is 16.1. The van der Waals surface area contributed by atoms with Crippen LogP contribution in [0.15, 0.2) is 65.8 Å². The molecule has 1 aliphatic rings. The van der Waals surface area contributed by atoms with Crippen molar-refractivity contribution in [3.8, 4) is 0 Å². The molecule has 194 valence electrons. The third-order valence-electron chi connectivity index (χ3n) is 6.80. The highest BCUT2D eigenvalue weighted by Gasteiger charge is 2.22. The van der Waals surface area contributed by atoms with E-state index in [1.54, 1.807) is 55.8 Å². The number of sulfonamides is 1. The lowest BCUT2D eigenvalue weighted by Crippen LogP contribution is -2.33. The fourth-order valence-electron chi connectivity index (χ4n) is 4.55. The number of nitrogens with zero attached hydrogens (tertiary/aromatic N) is 5. The van der Waals surface area contributed by atoms with Crippen molar-refractivity contribution in [1.82, 2.24) is 19.5 Å². The van der Waals surface area contributed by atoms with Crippen molar-refractivity contribution in [2.24, 2.45) is 5.73 Å². The summed E-state index contributed by atoms with van der Waals surface area (Å²) in [5.74, 6) is 1.14. The van der Waals surface area contributed by atoms with Crippen molar-refractivity contribution in [1.29, 1.82) is 0 Å². The van der Waals surface area contributed by atoms with Gasteiger partial charge in [-0.3, -0.25) is 4.31 Å². The zero-order valence-electron chi connectivity index (χ0n) is 21.0. The van der Waals surface area contributed by atoms with Crippen LogP contribution >= 0.6 is 0 Å². The smallest absolute Gasteiger partial charge is 0.264 e. The van der Waals surface area contributed by atoms with Crippen molar-refractivity contribution in [3.05, 3.63) is 60.9 Å². The fourth-order valence-corrected chi connectivity index (χ4v) is 5.77. The second kappa shape index (κ2) is 10.3. The van der Waals surface area contributed by atoms with Gasteiger partial charge in [-0.2, -0.15) is 9.97 Å². The van der Waals surface area contributed by atoms with Crippen molar-refractivity contribution < 1.29 is 8.42 Å². The maximum Gasteiger partial charge on any atom is 0.264 e. The lowest BCUT2D eigenvalue weighted by atomic mass is 9.92. The Labute approximate surface area is 217 Å². The summed E-state index contributed by atoms with van der Waals surface area (Å²) in [6.45, 7) is 2.78. The van der Waals surface area contributed by atoms with Gasteiger partial charge in [-0.25, -0.2) is 13.4 Å². The summed E-state index contributed by atoms with van der Waals surface area (Å²) in [7, 11) is -2.10. The number of hydrogen-bond acceptors (Lipinski definition) is 8. The maximum atomic E-state index is 13.0. The topological polar surface area (TPSA) is 131 Å². The lowest BCUT2D eigenvalue weighted by Gasteiger charge is -2.26. The molecule has 1 aliphatic carbocycles. The zero-order valence-corrected chi connectivity index (χ0v) is 21.8. The summed E-state index contributed by atoms with van der Waals surface area (Å²) in [6.07, 6.45) is 5.70. The molecule has 5 rings (SSSR count). The molecule has 11 heteroatoms. The number of aromatic nitrogens is 4. The largest absolute Gasteiger partial charge is 0.351 e. The molecule has 0 bridgehead atoms. The molecular formula is C26H32N8O2S. The number of benzene rings is 2. The molecule has 0 unspecified atom stereocenters.